The monoisotopic (exact) mass is 333 g/mol. The fraction of sp³-hybridized carbons (Fsp3) is 0.200. The Labute approximate surface area is 126 Å². The molecule has 3 N–H and O–H groups in total. The maximum atomic E-state index is 12.0. The topological polar surface area (TPSA) is 68.0 Å². The van der Waals surface area contributed by atoms with Gasteiger partial charge in [0.2, 0.25) is 0 Å². The van der Waals surface area contributed by atoms with Gasteiger partial charge in [-0.05, 0) is 46.1 Å². The Bertz CT molecular complexity index is 584. The predicted molar refractivity (Wildman–Crippen MR) is 82.3 cm³/mol. The van der Waals surface area contributed by atoms with Crippen molar-refractivity contribution in [3.63, 3.8) is 0 Å². The maximum Gasteiger partial charge on any atom is 0.253 e. The Balaban J connectivity index is 1.93. The van der Waals surface area contributed by atoms with Crippen LogP contribution in [0.4, 0.5) is 0 Å². The number of nitrogens with zero attached hydrogens (tertiary/aromatic N) is 1. The SMILES string of the molecule is NCCc1ccc(CNC(=O)c2cncc(Br)c2)cc1. The molecule has 20 heavy (non-hydrogen) atoms. The molecule has 0 atom stereocenters. The summed E-state index contributed by atoms with van der Waals surface area (Å²) < 4.78 is 0.788. The van der Waals surface area contributed by atoms with Crippen LogP contribution in [0.25, 0.3) is 0 Å². The van der Waals surface area contributed by atoms with Crippen molar-refractivity contribution < 1.29 is 4.79 Å². The third-order valence-electron chi connectivity index (χ3n) is 2.88. The summed E-state index contributed by atoms with van der Waals surface area (Å²) in [5, 5.41) is 2.87. The highest BCUT2D eigenvalue weighted by Gasteiger charge is 2.06. The zero-order chi connectivity index (χ0) is 14.4. The second kappa shape index (κ2) is 7.17. The van der Waals surface area contributed by atoms with E-state index in [0.29, 0.717) is 18.7 Å². The molecular weight excluding hydrogens is 318 g/mol. The van der Waals surface area contributed by atoms with Gasteiger partial charge in [-0.3, -0.25) is 9.78 Å². The third-order valence-corrected chi connectivity index (χ3v) is 3.31. The third kappa shape index (κ3) is 4.15. The van der Waals surface area contributed by atoms with E-state index in [-0.39, 0.29) is 5.91 Å². The predicted octanol–water partition coefficient (Wildman–Crippen LogP) is 2.28. The maximum absolute atomic E-state index is 12.0. The molecule has 2 rings (SSSR count). The van der Waals surface area contributed by atoms with Gasteiger partial charge in [-0.25, -0.2) is 0 Å². The van der Waals surface area contributed by atoms with Crippen molar-refractivity contribution >= 4 is 21.8 Å². The van der Waals surface area contributed by atoms with E-state index < -0.39 is 0 Å². The number of hydrogen-bond donors (Lipinski definition) is 2. The Morgan fingerprint density at radius 3 is 2.55 bits per heavy atom. The van der Waals surface area contributed by atoms with E-state index in [1.54, 1.807) is 18.5 Å². The fourth-order valence-electron chi connectivity index (χ4n) is 1.81. The van der Waals surface area contributed by atoms with Crippen molar-refractivity contribution in [1.29, 1.82) is 0 Å². The lowest BCUT2D eigenvalue weighted by molar-refractivity contribution is 0.0950. The molecule has 0 aliphatic heterocycles. The Morgan fingerprint density at radius 2 is 1.90 bits per heavy atom. The van der Waals surface area contributed by atoms with Crippen LogP contribution in [-0.2, 0) is 13.0 Å². The molecule has 0 saturated heterocycles. The number of hydrogen-bond acceptors (Lipinski definition) is 3. The summed E-state index contributed by atoms with van der Waals surface area (Å²) in [6, 6.07) is 9.82. The Hall–Kier alpha value is -1.72. The van der Waals surface area contributed by atoms with Crippen molar-refractivity contribution in [1.82, 2.24) is 10.3 Å². The van der Waals surface area contributed by atoms with Crippen LogP contribution in [0.15, 0.2) is 47.2 Å². The minimum atomic E-state index is -0.134. The van der Waals surface area contributed by atoms with E-state index in [2.05, 4.69) is 26.2 Å². The summed E-state index contributed by atoms with van der Waals surface area (Å²) >= 11 is 3.30. The molecule has 0 saturated carbocycles. The van der Waals surface area contributed by atoms with E-state index in [1.807, 2.05) is 24.3 Å². The highest BCUT2D eigenvalue weighted by molar-refractivity contribution is 9.10. The van der Waals surface area contributed by atoms with Crippen LogP contribution in [0.3, 0.4) is 0 Å². The first-order chi connectivity index (χ1) is 9.69. The van der Waals surface area contributed by atoms with E-state index in [4.69, 9.17) is 5.73 Å². The zero-order valence-corrected chi connectivity index (χ0v) is 12.6. The molecule has 0 unspecified atom stereocenters. The van der Waals surface area contributed by atoms with Crippen molar-refractivity contribution in [3.05, 3.63) is 63.9 Å². The summed E-state index contributed by atoms with van der Waals surface area (Å²) in [6.45, 7) is 1.14. The van der Waals surface area contributed by atoms with E-state index in [9.17, 15) is 4.79 Å². The molecule has 0 radical (unpaired) electrons. The summed E-state index contributed by atoms with van der Waals surface area (Å²) in [4.78, 5) is 15.9. The van der Waals surface area contributed by atoms with Crippen molar-refractivity contribution in [3.8, 4) is 0 Å². The van der Waals surface area contributed by atoms with Gasteiger partial charge in [0, 0.05) is 23.4 Å². The quantitative estimate of drug-likeness (QED) is 0.881. The standard InChI is InChI=1S/C15H16BrN3O/c16-14-7-13(9-18-10-14)15(20)19-8-12-3-1-11(2-4-12)5-6-17/h1-4,7,9-10H,5-6,8,17H2,(H,19,20). The molecule has 0 spiro atoms. The molecule has 1 aromatic heterocycles. The molecule has 4 nitrogen and oxygen atoms in total. The van der Waals surface area contributed by atoms with Gasteiger partial charge in [0.05, 0.1) is 5.56 Å². The molecule has 104 valence electrons. The van der Waals surface area contributed by atoms with Gasteiger partial charge in [0.1, 0.15) is 0 Å². The fourth-order valence-corrected chi connectivity index (χ4v) is 2.18. The van der Waals surface area contributed by atoms with Gasteiger partial charge in [-0.1, -0.05) is 24.3 Å². The van der Waals surface area contributed by atoms with Gasteiger partial charge in [0.15, 0.2) is 0 Å². The molecule has 1 aromatic carbocycles. The van der Waals surface area contributed by atoms with Crippen LogP contribution >= 0.6 is 15.9 Å². The average Bonchev–Trinajstić information content (AvgIpc) is 2.46. The molecule has 0 aliphatic carbocycles. The van der Waals surface area contributed by atoms with Gasteiger partial charge in [-0.15, -0.1) is 0 Å². The molecule has 0 fully saturated rings. The number of rotatable bonds is 5. The van der Waals surface area contributed by atoms with Crippen LogP contribution in [0, 0.1) is 0 Å². The number of amides is 1. The van der Waals surface area contributed by atoms with Crippen LogP contribution < -0.4 is 11.1 Å². The Kier molecular flexibility index (Phi) is 5.26. The van der Waals surface area contributed by atoms with Crippen LogP contribution in [0.5, 0.6) is 0 Å². The van der Waals surface area contributed by atoms with Gasteiger partial charge < -0.3 is 11.1 Å². The molecule has 5 heteroatoms. The second-order valence-corrected chi connectivity index (χ2v) is 5.35. The van der Waals surface area contributed by atoms with E-state index >= 15 is 0 Å². The number of nitrogens with two attached hydrogens (primary N) is 1. The summed E-state index contributed by atoms with van der Waals surface area (Å²) in [7, 11) is 0. The summed E-state index contributed by atoms with van der Waals surface area (Å²) in [5.74, 6) is -0.134. The minimum Gasteiger partial charge on any atom is -0.348 e. The van der Waals surface area contributed by atoms with E-state index in [1.165, 1.54) is 5.56 Å². The van der Waals surface area contributed by atoms with Crippen LogP contribution in [0.2, 0.25) is 0 Å². The highest BCUT2D eigenvalue weighted by Crippen LogP contribution is 2.10. The smallest absolute Gasteiger partial charge is 0.253 e. The van der Waals surface area contributed by atoms with Crippen molar-refractivity contribution in [2.24, 2.45) is 5.73 Å². The largest absolute Gasteiger partial charge is 0.348 e. The van der Waals surface area contributed by atoms with Gasteiger partial charge in [0.25, 0.3) is 5.91 Å². The zero-order valence-electron chi connectivity index (χ0n) is 11.0. The highest BCUT2D eigenvalue weighted by atomic mass is 79.9. The van der Waals surface area contributed by atoms with Crippen molar-refractivity contribution in [2.75, 3.05) is 6.54 Å². The average molecular weight is 334 g/mol. The molecule has 1 heterocycles. The molecule has 0 aliphatic rings. The summed E-state index contributed by atoms with van der Waals surface area (Å²) in [5.41, 5.74) is 8.31. The summed E-state index contributed by atoms with van der Waals surface area (Å²) in [6.07, 6.45) is 4.06. The van der Waals surface area contributed by atoms with Crippen molar-refractivity contribution in [2.45, 2.75) is 13.0 Å². The lowest BCUT2D eigenvalue weighted by Crippen LogP contribution is -2.22. The number of carbonyl (C=O) groups excluding carboxylic acids is 1. The van der Waals surface area contributed by atoms with Crippen LogP contribution in [-0.4, -0.2) is 17.4 Å². The lowest BCUT2D eigenvalue weighted by Gasteiger charge is -2.06. The van der Waals surface area contributed by atoms with Crippen LogP contribution in [0.1, 0.15) is 21.5 Å². The second-order valence-electron chi connectivity index (χ2n) is 4.43. The first-order valence-electron chi connectivity index (χ1n) is 6.35. The van der Waals surface area contributed by atoms with E-state index in [0.717, 1.165) is 16.5 Å². The molecule has 1 amide bonds. The molecular formula is C15H16BrN3O. The molecule has 2 aromatic rings. The Morgan fingerprint density at radius 1 is 1.20 bits per heavy atom. The number of aromatic nitrogens is 1. The first-order valence-corrected chi connectivity index (χ1v) is 7.15. The minimum absolute atomic E-state index is 0.134. The number of nitrogens with one attached hydrogen (secondary N) is 1. The number of carbonyl (C=O) groups is 1. The number of halogens is 1. The van der Waals surface area contributed by atoms with Gasteiger partial charge >= 0.3 is 0 Å². The number of pyridine rings is 1. The normalized spacial score (nSPS) is 10.3. The first kappa shape index (κ1) is 14.7. The van der Waals surface area contributed by atoms with Gasteiger partial charge in [-0.2, -0.15) is 0 Å². The number of benzene rings is 1. The lowest BCUT2D eigenvalue weighted by atomic mass is 10.1. The molecule has 0 bridgehead atoms.